The second-order valence-corrected chi connectivity index (χ2v) is 16.8. The van der Waals surface area contributed by atoms with Crippen LogP contribution in [-0.4, -0.2) is 39.1 Å². The fourth-order valence-electron chi connectivity index (χ4n) is 5.98. The summed E-state index contributed by atoms with van der Waals surface area (Å²) in [6, 6.07) is 20.8. The molecule has 1 aliphatic heterocycles. The Labute approximate surface area is 249 Å². The molecule has 0 aliphatic carbocycles. The minimum Gasteiger partial charge on any atom is -0.458 e. The number of unbranched alkanes of at least 4 members (excludes halogenated alkanes) is 10. The van der Waals surface area contributed by atoms with E-state index in [-0.39, 0.29) is 30.0 Å². The molecule has 2 aromatic rings. The highest BCUT2D eigenvalue weighted by Gasteiger charge is 2.51. The van der Waals surface area contributed by atoms with E-state index in [0.29, 0.717) is 6.42 Å². The molecule has 0 radical (unpaired) electrons. The first-order valence-electron chi connectivity index (χ1n) is 15.9. The van der Waals surface area contributed by atoms with Crippen LogP contribution in [0.3, 0.4) is 0 Å². The average Bonchev–Trinajstić information content (AvgIpc) is 3.30. The molecule has 2 aromatic carbocycles. The summed E-state index contributed by atoms with van der Waals surface area (Å²) in [5.41, 5.74) is 0. The molecule has 0 saturated carbocycles. The predicted octanol–water partition coefficient (Wildman–Crippen LogP) is 7.49. The fourth-order valence-corrected chi connectivity index (χ4v) is 10.5. The lowest BCUT2D eigenvalue weighted by Crippen LogP contribution is -2.67. The Kier molecular flexibility index (Phi) is 13.6. The molecule has 1 heterocycles. The summed E-state index contributed by atoms with van der Waals surface area (Å²) in [4.78, 5) is 25.0. The standard InChI is InChI=1S/C35H52O5Si/c1-5-6-7-8-9-10-11-12-13-14-21-26-33(36)39-31-27-34(37)40-32(31)28-38-41(35(2,3)4,29-22-17-15-18-23-29)30-24-19-16-20-25-30/h15-20,22-25,31-32H,5-14,21,26-28H2,1-4H3/t31-,32-/m0/s1. The molecule has 226 valence electrons. The molecule has 0 bridgehead atoms. The van der Waals surface area contributed by atoms with Crippen molar-refractivity contribution in [1.29, 1.82) is 0 Å². The van der Waals surface area contributed by atoms with Crippen LogP contribution in [0.25, 0.3) is 0 Å². The van der Waals surface area contributed by atoms with E-state index in [4.69, 9.17) is 13.9 Å². The van der Waals surface area contributed by atoms with Crippen molar-refractivity contribution in [2.24, 2.45) is 0 Å². The molecule has 1 saturated heterocycles. The molecular formula is C35H52O5Si. The molecule has 0 unspecified atom stereocenters. The summed E-state index contributed by atoms with van der Waals surface area (Å²) in [6.45, 7) is 9.08. The van der Waals surface area contributed by atoms with Crippen molar-refractivity contribution >= 4 is 30.6 Å². The van der Waals surface area contributed by atoms with Crippen LogP contribution >= 0.6 is 0 Å². The van der Waals surface area contributed by atoms with Crippen molar-refractivity contribution < 1.29 is 23.5 Å². The van der Waals surface area contributed by atoms with Gasteiger partial charge in [-0.05, 0) is 21.8 Å². The van der Waals surface area contributed by atoms with E-state index in [2.05, 4.69) is 52.0 Å². The van der Waals surface area contributed by atoms with E-state index in [9.17, 15) is 9.59 Å². The quantitative estimate of drug-likeness (QED) is 0.104. The predicted molar refractivity (Wildman–Crippen MR) is 169 cm³/mol. The third-order valence-electron chi connectivity index (χ3n) is 8.21. The van der Waals surface area contributed by atoms with Gasteiger partial charge in [0.05, 0.1) is 13.0 Å². The molecule has 0 aromatic heterocycles. The normalized spacial score (nSPS) is 17.4. The first-order valence-corrected chi connectivity index (χ1v) is 17.8. The molecule has 6 heteroatoms. The van der Waals surface area contributed by atoms with Gasteiger partial charge in [0, 0.05) is 6.42 Å². The molecule has 1 fully saturated rings. The number of rotatable bonds is 18. The second-order valence-electron chi connectivity index (χ2n) is 12.5. The molecule has 41 heavy (non-hydrogen) atoms. The lowest BCUT2D eigenvalue weighted by atomic mass is 10.1. The zero-order valence-electron chi connectivity index (χ0n) is 25.9. The molecule has 0 N–H and O–H groups in total. The summed E-state index contributed by atoms with van der Waals surface area (Å²) in [7, 11) is -2.79. The molecule has 5 nitrogen and oxygen atoms in total. The van der Waals surface area contributed by atoms with Crippen LogP contribution in [0.1, 0.15) is 111 Å². The minimum atomic E-state index is -2.79. The Morgan fingerprint density at radius 2 is 1.29 bits per heavy atom. The summed E-state index contributed by atoms with van der Waals surface area (Å²) in [5, 5.41) is 2.13. The maximum Gasteiger partial charge on any atom is 0.310 e. The number of esters is 2. The zero-order chi connectivity index (χ0) is 29.6. The van der Waals surface area contributed by atoms with Crippen LogP contribution in [-0.2, 0) is 23.5 Å². The SMILES string of the molecule is CCCCCCCCCCCCCC(=O)O[C@H]1CC(=O)O[C@H]1CO[Si](c1ccccc1)(c1ccccc1)C(C)(C)C. The van der Waals surface area contributed by atoms with Crippen LogP contribution in [0.4, 0.5) is 0 Å². The van der Waals surface area contributed by atoms with Gasteiger partial charge in [0.2, 0.25) is 0 Å². The van der Waals surface area contributed by atoms with Crippen molar-refractivity contribution in [2.45, 2.75) is 128 Å². The van der Waals surface area contributed by atoms with E-state index in [0.717, 1.165) is 29.6 Å². The smallest absolute Gasteiger partial charge is 0.310 e. The van der Waals surface area contributed by atoms with Gasteiger partial charge in [0.25, 0.3) is 8.32 Å². The van der Waals surface area contributed by atoms with Gasteiger partial charge < -0.3 is 13.9 Å². The Morgan fingerprint density at radius 3 is 1.78 bits per heavy atom. The van der Waals surface area contributed by atoms with Crippen molar-refractivity contribution in [3.63, 3.8) is 0 Å². The van der Waals surface area contributed by atoms with Gasteiger partial charge in [0.15, 0.2) is 12.2 Å². The molecular weight excluding hydrogens is 528 g/mol. The first kappa shape index (κ1) is 33.1. The van der Waals surface area contributed by atoms with Crippen LogP contribution in [0, 0.1) is 0 Å². The van der Waals surface area contributed by atoms with E-state index < -0.39 is 20.5 Å². The summed E-state index contributed by atoms with van der Waals surface area (Å²) < 4.78 is 18.4. The van der Waals surface area contributed by atoms with Gasteiger partial charge in [-0.15, -0.1) is 0 Å². The van der Waals surface area contributed by atoms with Gasteiger partial charge in [-0.25, -0.2) is 0 Å². The van der Waals surface area contributed by atoms with E-state index in [1.54, 1.807) is 0 Å². The summed E-state index contributed by atoms with van der Waals surface area (Å²) in [5.74, 6) is -0.590. The van der Waals surface area contributed by atoms with Crippen LogP contribution in [0.15, 0.2) is 60.7 Å². The maximum atomic E-state index is 12.7. The maximum absolute atomic E-state index is 12.7. The van der Waals surface area contributed by atoms with Crippen LogP contribution < -0.4 is 10.4 Å². The lowest BCUT2D eigenvalue weighted by Gasteiger charge is -2.43. The van der Waals surface area contributed by atoms with E-state index in [1.165, 1.54) is 51.4 Å². The molecule has 0 amide bonds. The molecule has 0 spiro atoms. The first-order chi connectivity index (χ1) is 19.8. The average molecular weight is 581 g/mol. The number of cyclic esters (lactones) is 1. The summed E-state index contributed by atoms with van der Waals surface area (Å²) >= 11 is 0. The van der Waals surface area contributed by atoms with Gasteiger partial charge >= 0.3 is 11.9 Å². The van der Waals surface area contributed by atoms with Gasteiger partial charge in [-0.3, -0.25) is 9.59 Å². The molecule has 2 atom stereocenters. The van der Waals surface area contributed by atoms with Crippen LogP contribution in [0.5, 0.6) is 0 Å². The number of benzene rings is 2. The highest BCUT2D eigenvalue weighted by atomic mass is 28.4. The van der Waals surface area contributed by atoms with Crippen LogP contribution in [0.2, 0.25) is 5.04 Å². The number of hydrogen-bond donors (Lipinski definition) is 0. The Hall–Kier alpha value is -2.44. The van der Waals surface area contributed by atoms with E-state index in [1.807, 2.05) is 36.4 Å². The Morgan fingerprint density at radius 1 is 0.805 bits per heavy atom. The Bertz CT molecular complexity index is 994. The van der Waals surface area contributed by atoms with Gasteiger partial charge in [-0.2, -0.15) is 0 Å². The zero-order valence-corrected chi connectivity index (χ0v) is 26.9. The highest BCUT2D eigenvalue weighted by molar-refractivity contribution is 6.99. The summed E-state index contributed by atoms with van der Waals surface area (Å²) in [6.07, 6.45) is 12.8. The molecule has 1 aliphatic rings. The van der Waals surface area contributed by atoms with Gasteiger partial charge in [0.1, 0.15) is 0 Å². The topological polar surface area (TPSA) is 61.8 Å². The largest absolute Gasteiger partial charge is 0.458 e. The fraction of sp³-hybridized carbons (Fsp3) is 0.600. The van der Waals surface area contributed by atoms with Crippen molar-refractivity contribution in [3.05, 3.63) is 60.7 Å². The van der Waals surface area contributed by atoms with E-state index >= 15 is 0 Å². The third kappa shape index (κ3) is 9.81. The number of carbonyl (C=O) groups excluding carboxylic acids is 2. The third-order valence-corrected chi connectivity index (χ3v) is 13.2. The van der Waals surface area contributed by atoms with Crippen molar-refractivity contribution in [1.82, 2.24) is 0 Å². The monoisotopic (exact) mass is 580 g/mol. The highest BCUT2D eigenvalue weighted by Crippen LogP contribution is 2.37. The molecule has 3 rings (SSSR count). The number of ether oxygens (including phenoxy) is 2. The Balaban J connectivity index is 1.53. The number of carbonyl (C=O) groups is 2. The van der Waals surface area contributed by atoms with Gasteiger partial charge in [-0.1, -0.05) is 153 Å². The van der Waals surface area contributed by atoms with Crippen molar-refractivity contribution in [2.75, 3.05) is 6.61 Å². The van der Waals surface area contributed by atoms with Crippen molar-refractivity contribution in [3.8, 4) is 0 Å². The minimum absolute atomic E-state index is 0.0821. The number of hydrogen-bond acceptors (Lipinski definition) is 5. The second kappa shape index (κ2) is 16.9. The lowest BCUT2D eigenvalue weighted by molar-refractivity contribution is -0.154.